The molecule has 0 saturated carbocycles. The van der Waals surface area contributed by atoms with E-state index in [2.05, 4.69) is 21.2 Å². The van der Waals surface area contributed by atoms with Gasteiger partial charge in [-0.15, -0.1) is 0 Å². The molecule has 0 aliphatic heterocycles. The summed E-state index contributed by atoms with van der Waals surface area (Å²) in [4.78, 5) is 10.6. The Bertz CT molecular complexity index is 468. The van der Waals surface area contributed by atoms with Crippen molar-refractivity contribution in [1.29, 1.82) is 0 Å². The molecule has 0 radical (unpaired) electrons. The predicted molar refractivity (Wildman–Crippen MR) is 76.9 cm³/mol. The summed E-state index contributed by atoms with van der Waals surface area (Å²) in [6.07, 6.45) is 0.823. The molecule has 0 aliphatic rings. The lowest BCUT2D eigenvalue weighted by Gasteiger charge is -2.23. The van der Waals surface area contributed by atoms with Gasteiger partial charge in [-0.1, -0.05) is 20.8 Å². The van der Waals surface area contributed by atoms with Gasteiger partial charge in [0.1, 0.15) is 5.82 Å². The fourth-order valence-electron chi connectivity index (χ4n) is 2.23. The molecule has 0 spiro atoms. The first-order valence-corrected chi connectivity index (χ1v) is 7.08. The number of halogens is 2. The van der Waals surface area contributed by atoms with Crippen molar-refractivity contribution in [3.63, 3.8) is 0 Å². The quantitative estimate of drug-likeness (QED) is 0.633. The van der Waals surface area contributed by atoms with Crippen molar-refractivity contribution in [2.75, 3.05) is 6.54 Å². The lowest BCUT2D eigenvalue weighted by Crippen LogP contribution is -2.33. The molecule has 106 valence electrons. The topological polar surface area (TPSA) is 55.2 Å². The molecule has 6 heteroatoms. The lowest BCUT2D eigenvalue weighted by atomic mass is 9.90. The Balaban J connectivity index is 3.23. The smallest absolute Gasteiger partial charge is 0.274 e. The molecule has 19 heavy (non-hydrogen) atoms. The first kappa shape index (κ1) is 16.0. The van der Waals surface area contributed by atoms with E-state index in [0.717, 1.165) is 13.0 Å². The minimum absolute atomic E-state index is 0.0443. The van der Waals surface area contributed by atoms with Crippen molar-refractivity contribution in [3.05, 3.63) is 38.1 Å². The second kappa shape index (κ2) is 6.96. The molecule has 0 saturated heterocycles. The number of likely N-dealkylation sites (N-methyl/N-ethyl adjacent to an activating group) is 1. The summed E-state index contributed by atoms with van der Waals surface area (Å²) in [5.74, 6) is -0.605. The largest absolute Gasteiger partial charge is 0.314 e. The van der Waals surface area contributed by atoms with E-state index in [1.54, 1.807) is 0 Å². The van der Waals surface area contributed by atoms with E-state index in [4.69, 9.17) is 0 Å². The normalized spacial score (nSPS) is 14.2. The van der Waals surface area contributed by atoms with Crippen LogP contribution >= 0.6 is 15.9 Å². The van der Waals surface area contributed by atoms with Gasteiger partial charge in [0.2, 0.25) is 0 Å². The van der Waals surface area contributed by atoms with Crippen LogP contribution in [0, 0.1) is 15.9 Å². The Morgan fingerprint density at radius 1 is 1.47 bits per heavy atom. The van der Waals surface area contributed by atoms with Crippen molar-refractivity contribution in [2.45, 2.75) is 39.2 Å². The molecule has 0 aliphatic carbocycles. The number of rotatable bonds is 6. The van der Waals surface area contributed by atoms with Gasteiger partial charge in [0.15, 0.2) is 0 Å². The summed E-state index contributed by atoms with van der Waals surface area (Å²) < 4.78 is 13.8. The standard InChI is InChI=1S/C13H18BrFN2O2/c1-4-12(16-5-2)8(3)9-6-11(15)10(14)7-13(9)17(18)19/h6-8,12,16H,4-5H2,1-3H3. The maximum Gasteiger partial charge on any atom is 0.274 e. The van der Waals surface area contributed by atoms with Crippen molar-refractivity contribution < 1.29 is 9.31 Å². The number of hydrogen-bond donors (Lipinski definition) is 1. The van der Waals surface area contributed by atoms with Gasteiger partial charge in [-0.25, -0.2) is 4.39 Å². The third kappa shape index (κ3) is 3.73. The van der Waals surface area contributed by atoms with Crippen LogP contribution in [0.25, 0.3) is 0 Å². The lowest BCUT2D eigenvalue weighted by molar-refractivity contribution is -0.385. The summed E-state index contributed by atoms with van der Waals surface area (Å²) in [6, 6.07) is 2.58. The molecule has 1 rings (SSSR count). The maximum absolute atomic E-state index is 13.6. The van der Waals surface area contributed by atoms with Crippen LogP contribution in [-0.2, 0) is 0 Å². The molecular formula is C13H18BrFN2O2. The zero-order chi connectivity index (χ0) is 14.6. The minimum Gasteiger partial charge on any atom is -0.314 e. The van der Waals surface area contributed by atoms with Crippen LogP contribution in [0.4, 0.5) is 10.1 Å². The van der Waals surface area contributed by atoms with Crippen molar-refractivity contribution in [2.24, 2.45) is 0 Å². The van der Waals surface area contributed by atoms with Gasteiger partial charge in [-0.05, 0) is 35.0 Å². The Morgan fingerprint density at radius 3 is 2.58 bits per heavy atom. The first-order chi connectivity index (χ1) is 8.92. The molecule has 2 atom stereocenters. The second-order valence-corrected chi connectivity index (χ2v) is 5.30. The van der Waals surface area contributed by atoms with E-state index in [-0.39, 0.29) is 22.1 Å². The van der Waals surface area contributed by atoms with E-state index in [1.807, 2.05) is 20.8 Å². The molecule has 0 amide bonds. The minimum atomic E-state index is -0.473. The fourth-order valence-corrected chi connectivity index (χ4v) is 2.56. The summed E-state index contributed by atoms with van der Waals surface area (Å²) >= 11 is 2.99. The number of nitro groups is 1. The molecule has 4 nitrogen and oxygen atoms in total. The van der Waals surface area contributed by atoms with Gasteiger partial charge in [-0.2, -0.15) is 0 Å². The molecule has 0 bridgehead atoms. The SMILES string of the molecule is CCNC(CC)C(C)c1cc(F)c(Br)cc1[N+](=O)[O-]. The molecular weight excluding hydrogens is 315 g/mol. The molecule has 0 fully saturated rings. The summed E-state index contributed by atoms with van der Waals surface area (Å²) in [7, 11) is 0. The zero-order valence-corrected chi connectivity index (χ0v) is 12.8. The highest BCUT2D eigenvalue weighted by molar-refractivity contribution is 9.10. The molecule has 2 unspecified atom stereocenters. The number of nitrogens with one attached hydrogen (secondary N) is 1. The average Bonchev–Trinajstić information content (AvgIpc) is 2.37. The highest BCUT2D eigenvalue weighted by Gasteiger charge is 2.26. The van der Waals surface area contributed by atoms with Crippen LogP contribution in [0.1, 0.15) is 38.7 Å². The van der Waals surface area contributed by atoms with Gasteiger partial charge < -0.3 is 5.32 Å². The van der Waals surface area contributed by atoms with Crippen molar-refractivity contribution in [3.8, 4) is 0 Å². The Morgan fingerprint density at radius 2 is 2.11 bits per heavy atom. The van der Waals surface area contributed by atoms with Gasteiger partial charge >= 0.3 is 0 Å². The van der Waals surface area contributed by atoms with Gasteiger partial charge in [0.25, 0.3) is 5.69 Å². The number of benzene rings is 1. The first-order valence-electron chi connectivity index (χ1n) is 6.29. The van der Waals surface area contributed by atoms with Crippen LogP contribution in [0.15, 0.2) is 16.6 Å². The van der Waals surface area contributed by atoms with Gasteiger partial charge in [0.05, 0.1) is 9.40 Å². The number of nitrogens with zero attached hydrogens (tertiary/aromatic N) is 1. The van der Waals surface area contributed by atoms with Crippen molar-refractivity contribution in [1.82, 2.24) is 5.32 Å². The van der Waals surface area contributed by atoms with E-state index in [9.17, 15) is 14.5 Å². The Hall–Kier alpha value is -1.01. The highest BCUT2D eigenvalue weighted by Crippen LogP contribution is 2.33. The third-order valence-corrected chi connectivity index (χ3v) is 3.87. The monoisotopic (exact) mass is 332 g/mol. The van der Waals surface area contributed by atoms with Crippen LogP contribution in [-0.4, -0.2) is 17.5 Å². The van der Waals surface area contributed by atoms with Gasteiger partial charge in [0, 0.05) is 23.6 Å². The van der Waals surface area contributed by atoms with Crippen LogP contribution in [0.3, 0.4) is 0 Å². The van der Waals surface area contributed by atoms with Crippen LogP contribution < -0.4 is 5.32 Å². The second-order valence-electron chi connectivity index (χ2n) is 4.44. The molecule has 1 aromatic carbocycles. The zero-order valence-electron chi connectivity index (χ0n) is 11.2. The van der Waals surface area contributed by atoms with E-state index < -0.39 is 10.7 Å². The van der Waals surface area contributed by atoms with E-state index in [0.29, 0.717) is 5.56 Å². The Kier molecular flexibility index (Phi) is 5.87. The number of hydrogen-bond acceptors (Lipinski definition) is 3. The molecule has 0 heterocycles. The molecule has 0 aromatic heterocycles. The van der Waals surface area contributed by atoms with Crippen LogP contribution in [0.5, 0.6) is 0 Å². The molecule has 1 N–H and O–H groups in total. The predicted octanol–water partition coefficient (Wildman–Crippen LogP) is 3.99. The summed E-state index contributed by atoms with van der Waals surface area (Å²) in [6.45, 7) is 6.64. The van der Waals surface area contributed by atoms with Crippen LogP contribution in [0.2, 0.25) is 0 Å². The fraction of sp³-hybridized carbons (Fsp3) is 0.538. The highest BCUT2D eigenvalue weighted by atomic mass is 79.9. The third-order valence-electron chi connectivity index (χ3n) is 3.27. The summed E-state index contributed by atoms with van der Waals surface area (Å²) in [5.41, 5.74) is 0.385. The van der Waals surface area contributed by atoms with Crippen molar-refractivity contribution >= 4 is 21.6 Å². The Labute approximate surface area is 120 Å². The van der Waals surface area contributed by atoms with E-state index in [1.165, 1.54) is 12.1 Å². The molecule has 1 aromatic rings. The average molecular weight is 333 g/mol. The number of nitro benzene ring substituents is 1. The summed E-state index contributed by atoms with van der Waals surface area (Å²) in [5, 5.41) is 14.4. The van der Waals surface area contributed by atoms with Gasteiger partial charge in [-0.3, -0.25) is 10.1 Å². The maximum atomic E-state index is 13.6. The van der Waals surface area contributed by atoms with E-state index >= 15 is 0 Å².